The summed E-state index contributed by atoms with van der Waals surface area (Å²) in [6.07, 6.45) is 2.05. The van der Waals surface area contributed by atoms with Gasteiger partial charge in [-0.05, 0) is 32.9 Å². The number of hydrogen-bond donors (Lipinski definition) is 0. The summed E-state index contributed by atoms with van der Waals surface area (Å²) in [7, 11) is 1.65. The number of benzene rings is 1. The van der Waals surface area contributed by atoms with Crippen molar-refractivity contribution in [2.45, 2.75) is 33.4 Å². The Labute approximate surface area is 114 Å². The highest BCUT2D eigenvalue weighted by atomic mass is 16.5. The van der Waals surface area contributed by atoms with Crippen molar-refractivity contribution in [3.05, 3.63) is 42.0 Å². The molecule has 0 radical (unpaired) electrons. The number of imidazole rings is 1. The van der Waals surface area contributed by atoms with Gasteiger partial charge < -0.3 is 14.0 Å². The van der Waals surface area contributed by atoms with Crippen LogP contribution in [0.3, 0.4) is 0 Å². The highest BCUT2D eigenvalue weighted by Crippen LogP contribution is 2.20. The van der Waals surface area contributed by atoms with Gasteiger partial charge in [0.05, 0.1) is 12.8 Å². The molecule has 0 aliphatic rings. The summed E-state index contributed by atoms with van der Waals surface area (Å²) in [4.78, 5) is 4.50. The van der Waals surface area contributed by atoms with Gasteiger partial charge in [0.25, 0.3) is 0 Å². The SMILES string of the molecule is COc1cccc(OCc2nc(C)cn2C(C)C)c1. The van der Waals surface area contributed by atoms with Crippen molar-refractivity contribution < 1.29 is 9.47 Å². The van der Waals surface area contributed by atoms with E-state index in [1.54, 1.807) is 7.11 Å². The number of aromatic nitrogens is 2. The monoisotopic (exact) mass is 260 g/mol. The van der Waals surface area contributed by atoms with Gasteiger partial charge in [0.15, 0.2) is 0 Å². The molecule has 0 bridgehead atoms. The van der Waals surface area contributed by atoms with Crippen LogP contribution in [-0.2, 0) is 6.61 Å². The first-order chi connectivity index (χ1) is 9.10. The summed E-state index contributed by atoms with van der Waals surface area (Å²) >= 11 is 0. The molecule has 0 fully saturated rings. The van der Waals surface area contributed by atoms with Crippen molar-refractivity contribution >= 4 is 0 Å². The average Bonchev–Trinajstić information content (AvgIpc) is 2.78. The first-order valence-electron chi connectivity index (χ1n) is 6.41. The predicted molar refractivity (Wildman–Crippen MR) is 74.7 cm³/mol. The topological polar surface area (TPSA) is 36.3 Å². The van der Waals surface area contributed by atoms with Crippen molar-refractivity contribution in [3.8, 4) is 11.5 Å². The second kappa shape index (κ2) is 5.78. The summed E-state index contributed by atoms with van der Waals surface area (Å²) in [5.74, 6) is 2.52. The normalized spacial score (nSPS) is 10.8. The van der Waals surface area contributed by atoms with Crippen molar-refractivity contribution in [1.82, 2.24) is 9.55 Å². The molecule has 0 aliphatic carbocycles. The van der Waals surface area contributed by atoms with Crippen LogP contribution in [-0.4, -0.2) is 16.7 Å². The van der Waals surface area contributed by atoms with Crippen LogP contribution >= 0.6 is 0 Å². The molecule has 19 heavy (non-hydrogen) atoms. The van der Waals surface area contributed by atoms with Crippen LogP contribution in [0.2, 0.25) is 0 Å². The summed E-state index contributed by atoms with van der Waals surface area (Å²) in [6.45, 7) is 6.72. The molecule has 2 rings (SSSR count). The molecule has 102 valence electrons. The van der Waals surface area contributed by atoms with Crippen molar-refractivity contribution in [2.24, 2.45) is 0 Å². The smallest absolute Gasteiger partial charge is 0.147 e. The Morgan fingerprint density at radius 2 is 2.00 bits per heavy atom. The van der Waals surface area contributed by atoms with Gasteiger partial charge in [-0.25, -0.2) is 4.98 Å². The van der Waals surface area contributed by atoms with Crippen molar-refractivity contribution in [1.29, 1.82) is 0 Å². The molecule has 0 saturated carbocycles. The molecule has 0 aliphatic heterocycles. The zero-order valence-corrected chi connectivity index (χ0v) is 11.9. The molecule has 0 N–H and O–H groups in total. The molecular weight excluding hydrogens is 240 g/mol. The Morgan fingerprint density at radius 1 is 1.26 bits per heavy atom. The molecule has 1 aromatic heterocycles. The van der Waals surface area contributed by atoms with E-state index in [9.17, 15) is 0 Å². The van der Waals surface area contributed by atoms with Gasteiger partial charge in [0, 0.05) is 18.3 Å². The average molecular weight is 260 g/mol. The molecule has 1 aromatic carbocycles. The quantitative estimate of drug-likeness (QED) is 0.827. The van der Waals surface area contributed by atoms with Gasteiger partial charge >= 0.3 is 0 Å². The molecule has 0 unspecified atom stereocenters. The van der Waals surface area contributed by atoms with Crippen LogP contribution < -0.4 is 9.47 Å². The minimum Gasteiger partial charge on any atom is -0.497 e. The lowest BCUT2D eigenvalue weighted by Crippen LogP contribution is -2.08. The summed E-state index contributed by atoms with van der Waals surface area (Å²) in [6, 6.07) is 7.97. The predicted octanol–water partition coefficient (Wildman–Crippen LogP) is 3.36. The lowest BCUT2D eigenvalue weighted by molar-refractivity contribution is 0.284. The van der Waals surface area contributed by atoms with E-state index in [0.717, 1.165) is 23.0 Å². The van der Waals surface area contributed by atoms with Gasteiger partial charge in [0.1, 0.15) is 23.9 Å². The first kappa shape index (κ1) is 13.5. The third kappa shape index (κ3) is 3.28. The maximum absolute atomic E-state index is 5.78. The van der Waals surface area contributed by atoms with E-state index in [1.807, 2.05) is 31.2 Å². The lowest BCUT2D eigenvalue weighted by atomic mass is 10.3. The highest BCUT2D eigenvalue weighted by Gasteiger charge is 2.09. The van der Waals surface area contributed by atoms with Gasteiger partial charge in [-0.1, -0.05) is 6.07 Å². The molecule has 4 nitrogen and oxygen atoms in total. The zero-order chi connectivity index (χ0) is 13.8. The Hall–Kier alpha value is -1.97. The van der Waals surface area contributed by atoms with E-state index in [1.165, 1.54) is 0 Å². The van der Waals surface area contributed by atoms with E-state index in [0.29, 0.717) is 12.6 Å². The van der Waals surface area contributed by atoms with E-state index in [2.05, 4.69) is 29.6 Å². The Morgan fingerprint density at radius 3 is 2.68 bits per heavy atom. The molecule has 0 spiro atoms. The maximum Gasteiger partial charge on any atom is 0.147 e. The fraction of sp³-hybridized carbons (Fsp3) is 0.400. The molecule has 2 aromatic rings. The van der Waals surface area contributed by atoms with Crippen LogP contribution in [0, 0.1) is 6.92 Å². The van der Waals surface area contributed by atoms with Gasteiger partial charge in [-0.15, -0.1) is 0 Å². The van der Waals surface area contributed by atoms with Gasteiger partial charge in [0.2, 0.25) is 0 Å². The summed E-state index contributed by atoms with van der Waals surface area (Å²) < 4.78 is 13.1. The van der Waals surface area contributed by atoms with Crippen LogP contribution in [0.4, 0.5) is 0 Å². The largest absolute Gasteiger partial charge is 0.497 e. The third-order valence-electron chi connectivity index (χ3n) is 2.89. The Kier molecular flexibility index (Phi) is 4.10. The first-order valence-corrected chi connectivity index (χ1v) is 6.41. The van der Waals surface area contributed by atoms with E-state index in [4.69, 9.17) is 9.47 Å². The third-order valence-corrected chi connectivity index (χ3v) is 2.89. The molecule has 0 atom stereocenters. The molecule has 0 saturated heterocycles. The second-order valence-corrected chi connectivity index (χ2v) is 4.77. The second-order valence-electron chi connectivity index (χ2n) is 4.77. The number of nitrogens with zero attached hydrogens (tertiary/aromatic N) is 2. The maximum atomic E-state index is 5.78. The van der Waals surface area contributed by atoms with Crippen LogP contribution in [0.25, 0.3) is 0 Å². The van der Waals surface area contributed by atoms with E-state index in [-0.39, 0.29) is 0 Å². The number of hydrogen-bond acceptors (Lipinski definition) is 3. The van der Waals surface area contributed by atoms with Crippen LogP contribution in [0.15, 0.2) is 30.5 Å². The van der Waals surface area contributed by atoms with Gasteiger partial charge in [-0.2, -0.15) is 0 Å². The fourth-order valence-electron chi connectivity index (χ4n) is 1.96. The van der Waals surface area contributed by atoms with Crippen molar-refractivity contribution in [3.63, 3.8) is 0 Å². The Balaban J connectivity index is 2.09. The number of ether oxygens (including phenoxy) is 2. The minimum absolute atomic E-state index is 0.380. The van der Waals surface area contributed by atoms with E-state index < -0.39 is 0 Å². The standard InChI is InChI=1S/C15H20N2O2/c1-11(2)17-9-12(3)16-15(17)10-19-14-7-5-6-13(8-14)18-4/h5-9,11H,10H2,1-4H3. The van der Waals surface area contributed by atoms with Crippen LogP contribution in [0.1, 0.15) is 31.4 Å². The number of rotatable bonds is 5. The molecule has 1 heterocycles. The fourth-order valence-corrected chi connectivity index (χ4v) is 1.96. The summed E-state index contributed by atoms with van der Waals surface area (Å²) in [5.41, 5.74) is 1.01. The van der Waals surface area contributed by atoms with Crippen molar-refractivity contribution in [2.75, 3.05) is 7.11 Å². The van der Waals surface area contributed by atoms with Crippen LogP contribution in [0.5, 0.6) is 11.5 Å². The highest BCUT2D eigenvalue weighted by molar-refractivity contribution is 5.32. The zero-order valence-electron chi connectivity index (χ0n) is 11.9. The van der Waals surface area contributed by atoms with Gasteiger partial charge in [-0.3, -0.25) is 0 Å². The molecule has 0 amide bonds. The Bertz CT molecular complexity index is 547. The summed E-state index contributed by atoms with van der Waals surface area (Å²) in [5, 5.41) is 0. The lowest BCUT2D eigenvalue weighted by Gasteiger charge is -2.12. The minimum atomic E-state index is 0.380. The number of aryl methyl sites for hydroxylation is 1. The van der Waals surface area contributed by atoms with E-state index >= 15 is 0 Å². The number of methoxy groups -OCH3 is 1. The molecule has 4 heteroatoms. The molecular formula is C15H20N2O2.